The zero-order valence-electron chi connectivity index (χ0n) is 7.24. The largest absolute Gasteiger partial charge is 0.454 e. The van der Waals surface area contributed by atoms with E-state index >= 15 is 0 Å². The summed E-state index contributed by atoms with van der Waals surface area (Å²) in [6.45, 7) is 0. The highest BCUT2D eigenvalue weighted by molar-refractivity contribution is 6.08. The molecule has 2 heterocycles. The number of H-pyrrole nitrogens is 1. The van der Waals surface area contributed by atoms with Gasteiger partial charge in [0, 0.05) is 23.2 Å². The van der Waals surface area contributed by atoms with E-state index in [4.69, 9.17) is 9.68 Å². The van der Waals surface area contributed by atoms with Crippen molar-refractivity contribution in [3.05, 3.63) is 36.2 Å². The maximum atomic E-state index is 8.90. The van der Waals surface area contributed by atoms with Gasteiger partial charge in [0.1, 0.15) is 5.58 Å². The highest BCUT2D eigenvalue weighted by Crippen LogP contribution is 2.31. The normalized spacial score (nSPS) is 10.8. The minimum Gasteiger partial charge on any atom is -0.454 e. The molecule has 0 saturated heterocycles. The average Bonchev–Trinajstić information content (AvgIpc) is 2.75. The molecule has 0 atom stereocenters. The molecular weight excluding hydrogens is 176 g/mol. The monoisotopic (exact) mass is 182 g/mol. The molecule has 0 fully saturated rings. The molecule has 0 aliphatic rings. The van der Waals surface area contributed by atoms with Crippen molar-refractivity contribution in [1.29, 1.82) is 5.26 Å². The first-order valence-corrected chi connectivity index (χ1v) is 4.28. The highest BCUT2D eigenvalue weighted by Gasteiger charge is 2.11. The van der Waals surface area contributed by atoms with Crippen LogP contribution in [-0.4, -0.2) is 4.98 Å². The van der Waals surface area contributed by atoms with Gasteiger partial charge in [-0.1, -0.05) is 0 Å². The summed E-state index contributed by atoms with van der Waals surface area (Å²) in [7, 11) is 0. The van der Waals surface area contributed by atoms with Crippen LogP contribution in [0.15, 0.2) is 35.0 Å². The Bertz CT molecular complexity index is 655. The molecule has 1 N–H and O–H groups in total. The minimum absolute atomic E-state index is 0.671. The number of furan rings is 1. The van der Waals surface area contributed by atoms with Gasteiger partial charge < -0.3 is 9.40 Å². The molecule has 0 unspecified atom stereocenters. The summed E-state index contributed by atoms with van der Waals surface area (Å²) in [5, 5.41) is 10.8. The second-order valence-electron chi connectivity index (χ2n) is 3.12. The molecule has 0 saturated carbocycles. The first-order chi connectivity index (χ1) is 6.90. The second kappa shape index (κ2) is 2.39. The molecule has 0 bridgehead atoms. The fourth-order valence-electron chi connectivity index (χ4n) is 1.74. The second-order valence-corrected chi connectivity index (χ2v) is 3.12. The van der Waals surface area contributed by atoms with Crippen LogP contribution in [0.5, 0.6) is 0 Å². The third kappa shape index (κ3) is 0.748. The standard InChI is InChI=1S/C11H6N2O/c12-5-7-1-2-9-11(7)8-3-4-13-6-10(8)14-9/h1-4,6,13H. The van der Waals surface area contributed by atoms with Gasteiger partial charge in [0.15, 0.2) is 5.58 Å². The topological polar surface area (TPSA) is 52.7 Å². The van der Waals surface area contributed by atoms with Crippen LogP contribution in [0.2, 0.25) is 0 Å². The molecule has 3 aromatic rings. The SMILES string of the molecule is N#Cc1ccc2oc3c[nH]ccc3c12. The summed E-state index contributed by atoms with van der Waals surface area (Å²) in [4.78, 5) is 2.95. The fraction of sp³-hybridized carbons (Fsp3) is 0. The molecule has 3 nitrogen and oxygen atoms in total. The Morgan fingerprint density at radius 1 is 1.21 bits per heavy atom. The lowest BCUT2D eigenvalue weighted by Crippen LogP contribution is -1.70. The Morgan fingerprint density at radius 2 is 2.14 bits per heavy atom. The molecule has 66 valence electrons. The molecule has 0 spiro atoms. The summed E-state index contributed by atoms with van der Waals surface area (Å²) in [6, 6.07) is 7.69. The summed E-state index contributed by atoms with van der Waals surface area (Å²) >= 11 is 0. The van der Waals surface area contributed by atoms with Crippen LogP contribution >= 0.6 is 0 Å². The molecular formula is C11H6N2O. The number of hydrogen-bond donors (Lipinski definition) is 1. The highest BCUT2D eigenvalue weighted by atomic mass is 16.3. The van der Waals surface area contributed by atoms with Crippen LogP contribution in [0.1, 0.15) is 5.56 Å². The van der Waals surface area contributed by atoms with Crippen molar-refractivity contribution in [2.75, 3.05) is 0 Å². The number of nitriles is 1. The predicted octanol–water partition coefficient (Wildman–Crippen LogP) is 2.79. The van der Waals surface area contributed by atoms with Crippen molar-refractivity contribution >= 4 is 21.9 Å². The van der Waals surface area contributed by atoms with Crippen LogP contribution < -0.4 is 0 Å². The smallest absolute Gasteiger partial charge is 0.151 e. The van der Waals surface area contributed by atoms with Gasteiger partial charge in [-0.2, -0.15) is 5.26 Å². The third-order valence-corrected chi connectivity index (χ3v) is 2.35. The minimum atomic E-state index is 0.671. The van der Waals surface area contributed by atoms with E-state index in [1.54, 1.807) is 12.3 Å². The van der Waals surface area contributed by atoms with Gasteiger partial charge in [0.2, 0.25) is 0 Å². The van der Waals surface area contributed by atoms with Crippen LogP contribution in [0.25, 0.3) is 21.9 Å². The van der Waals surface area contributed by atoms with E-state index < -0.39 is 0 Å². The molecule has 0 amide bonds. The van der Waals surface area contributed by atoms with Gasteiger partial charge in [-0.15, -0.1) is 0 Å². The summed E-state index contributed by atoms with van der Waals surface area (Å²) < 4.78 is 5.55. The van der Waals surface area contributed by atoms with E-state index in [0.29, 0.717) is 5.56 Å². The lowest BCUT2D eigenvalue weighted by molar-refractivity contribution is 0.667. The molecule has 0 aliphatic heterocycles. The van der Waals surface area contributed by atoms with Crippen molar-refractivity contribution < 1.29 is 4.42 Å². The third-order valence-electron chi connectivity index (χ3n) is 2.35. The Morgan fingerprint density at radius 3 is 3.00 bits per heavy atom. The Kier molecular flexibility index (Phi) is 1.23. The average molecular weight is 182 g/mol. The Labute approximate surface area is 79.6 Å². The lowest BCUT2D eigenvalue weighted by atomic mass is 10.2. The Balaban J connectivity index is 2.63. The number of aromatic nitrogens is 1. The maximum Gasteiger partial charge on any atom is 0.151 e. The molecule has 14 heavy (non-hydrogen) atoms. The van der Waals surface area contributed by atoms with Crippen LogP contribution in [0.4, 0.5) is 0 Å². The molecule has 3 heteroatoms. The van der Waals surface area contributed by atoms with E-state index in [1.807, 2.05) is 18.3 Å². The molecule has 1 aromatic carbocycles. The van der Waals surface area contributed by atoms with Gasteiger partial charge in [-0.25, -0.2) is 0 Å². The summed E-state index contributed by atoms with van der Waals surface area (Å²) in [5.41, 5.74) is 2.23. The molecule has 2 aromatic heterocycles. The first kappa shape index (κ1) is 7.22. The van der Waals surface area contributed by atoms with Gasteiger partial charge in [0.25, 0.3) is 0 Å². The van der Waals surface area contributed by atoms with Crippen LogP contribution in [0, 0.1) is 11.3 Å². The maximum absolute atomic E-state index is 8.90. The van der Waals surface area contributed by atoms with Gasteiger partial charge in [0.05, 0.1) is 11.6 Å². The number of pyridine rings is 1. The number of rotatable bonds is 0. The van der Waals surface area contributed by atoms with Crippen molar-refractivity contribution in [1.82, 2.24) is 4.98 Å². The van der Waals surface area contributed by atoms with Gasteiger partial charge >= 0.3 is 0 Å². The molecule has 0 aliphatic carbocycles. The number of fused-ring (bicyclic) bond motifs is 3. The lowest BCUT2D eigenvalue weighted by Gasteiger charge is -1.86. The van der Waals surface area contributed by atoms with Crippen molar-refractivity contribution in [2.24, 2.45) is 0 Å². The van der Waals surface area contributed by atoms with E-state index in [0.717, 1.165) is 21.9 Å². The van der Waals surface area contributed by atoms with E-state index in [1.165, 1.54) is 0 Å². The number of hydrogen-bond acceptors (Lipinski definition) is 2. The first-order valence-electron chi connectivity index (χ1n) is 4.28. The zero-order chi connectivity index (χ0) is 9.54. The van der Waals surface area contributed by atoms with E-state index in [9.17, 15) is 0 Å². The van der Waals surface area contributed by atoms with Gasteiger partial charge in [-0.05, 0) is 18.2 Å². The Hall–Kier alpha value is -2.21. The van der Waals surface area contributed by atoms with Gasteiger partial charge in [-0.3, -0.25) is 0 Å². The van der Waals surface area contributed by atoms with E-state index in [2.05, 4.69) is 11.1 Å². The van der Waals surface area contributed by atoms with E-state index in [-0.39, 0.29) is 0 Å². The van der Waals surface area contributed by atoms with Crippen LogP contribution in [0.3, 0.4) is 0 Å². The van der Waals surface area contributed by atoms with Crippen molar-refractivity contribution in [2.45, 2.75) is 0 Å². The molecule has 0 radical (unpaired) electrons. The molecule has 3 rings (SSSR count). The number of aromatic amines is 1. The number of nitrogens with zero attached hydrogens (tertiary/aromatic N) is 1. The number of nitrogens with one attached hydrogen (secondary N) is 1. The zero-order valence-corrected chi connectivity index (χ0v) is 7.24. The van der Waals surface area contributed by atoms with Crippen molar-refractivity contribution in [3.63, 3.8) is 0 Å². The fourth-order valence-corrected chi connectivity index (χ4v) is 1.74. The van der Waals surface area contributed by atoms with Crippen molar-refractivity contribution in [3.8, 4) is 6.07 Å². The quantitative estimate of drug-likeness (QED) is 0.581. The summed E-state index contributed by atoms with van der Waals surface area (Å²) in [6.07, 6.45) is 3.61. The summed E-state index contributed by atoms with van der Waals surface area (Å²) in [5.74, 6) is 0. The van der Waals surface area contributed by atoms with Crippen LogP contribution in [-0.2, 0) is 0 Å². The predicted molar refractivity (Wildman–Crippen MR) is 52.8 cm³/mol.